The number of aliphatic hydroxyl groups is 1. The molecule has 2 rings (SSSR count). The van der Waals surface area contributed by atoms with Crippen molar-refractivity contribution in [3.63, 3.8) is 0 Å². The van der Waals surface area contributed by atoms with E-state index in [1.54, 1.807) is 0 Å². The van der Waals surface area contributed by atoms with Gasteiger partial charge in [-0.3, -0.25) is 9.80 Å². The zero-order valence-corrected chi connectivity index (χ0v) is 10.6. The van der Waals surface area contributed by atoms with E-state index in [1.165, 1.54) is 6.42 Å². The SMILES string of the molecule is OCC1CNCCCN1CCN1CCOCC1. The molecule has 0 bridgehead atoms. The van der Waals surface area contributed by atoms with Crippen molar-refractivity contribution < 1.29 is 9.84 Å². The molecule has 0 aromatic carbocycles. The number of nitrogens with one attached hydrogen (secondary N) is 1. The number of hydrogen-bond acceptors (Lipinski definition) is 5. The van der Waals surface area contributed by atoms with Crippen LogP contribution in [0, 0.1) is 0 Å². The Morgan fingerprint density at radius 1 is 1.18 bits per heavy atom. The number of ether oxygens (including phenoxy) is 1. The second-order valence-corrected chi connectivity index (χ2v) is 4.88. The highest BCUT2D eigenvalue weighted by molar-refractivity contribution is 4.78. The number of morpholine rings is 1. The van der Waals surface area contributed by atoms with Crippen molar-refractivity contribution in [1.29, 1.82) is 0 Å². The maximum absolute atomic E-state index is 9.41. The molecule has 5 heteroatoms. The molecule has 17 heavy (non-hydrogen) atoms. The summed E-state index contributed by atoms with van der Waals surface area (Å²) in [6, 6.07) is 0.290. The predicted molar refractivity (Wildman–Crippen MR) is 67.2 cm³/mol. The second kappa shape index (κ2) is 7.28. The lowest BCUT2D eigenvalue weighted by Gasteiger charge is -2.32. The van der Waals surface area contributed by atoms with Gasteiger partial charge in [-0.15, -0.1) is 0 Å². The van der Waals surface area contributed by atoms with Crippen molar-refractivity contribution in [1.82, 2.24) is 15.1 Å². The fraction of sp³-hybridized carbons (Fsp3) is 1.00. The van der Waals surface area contributed by atoms with Crippen LogP contribution in [0.5, 0.6) is 0 Å². The molecule has 2 fully saturated rings. The van der Waals surface area contributed by atoms with Gasteiger partial charge in [0, 0.05) is 38.8 Å². The van der Waals surface area contributed by atoms with Crippen LogP contribution in [0.2, 0.25) is 0 Å². The van der Waals surface area contributed by atoms with Crippen molar-refractivity contribution in [2.45, 2.75) is 12.5 Å². The molecule has 0 radical (unpaired) electrons. The summed E-state index contributed by atoms with van der Waals surface area (Å²) >= 11 is 0. The van der Waals surface area contributed by atoms with Crippen molar-refractivity contribution in [3.05, 3.63) is 0 Å². The van der Waals surface area contributed by atoms with Gasteiger partial charge in [-0.2, -0.15) is 0 Å². The summed E-state index contributed by atoms with van der Waals surface area (Å²) in [7, 11) is 0. The van der Waals surface area contributed by atoms with Gasteiger partial charge in [0.05, 0.1) is 19.8 Å². The molecule has 100 valence electrons. The van der Waals surface area contributed by atoms with E-state index < -0.39 is 0 Å². The van der Waals surface area contributed by atoms with Crippen molar-refractivity contribution in [2.24, 2.45) is 0 Å². The highest BCUT2D eigenvalue weighted by atomic mass is 16.5. The molecule has 0 saturated carbocycles. The van der Waals surface area contributed by atoms with Crippen LogP contribution in [-0.2, 0) is 4.74 Å². The van der Waals surface area contributed by atoms with E-state index in [0.29, 0.717) is 6.04 Å². The summed E-state index contributed by atoms with van der Waals surface area (Å²) in [5.74, 6) is 0. The molecule has 2 heterocycles. The molecule has 5 nitrogen and oxygen atoms in total. The summed E-state index contributed by atoms with van der Waals surface area (Å²) in [4.78, 5) is 4.88. The maximum atomic E-state index is 9.41. The Balaban J connectivity index is 1.74. The van der Waals surface area contributed by atoms with Crippen LogP contribution in [0.1, 0.15) is 6.42 Å². The molecule has 0 aromatic rings. The summed E-state index contributed by atoms with van der Waals surface area (Å²) in [6.07, 6.45) is 1.18. The molecule has 1 atom stereocenters. The molecular weight excluding hydrogens is 218 g/mol. The number of aliphatic hydroxyl groups excluding tert-OH is 1. The van der Waals surface area contributed by atoms with E-state index in [4.69, 9.17) is 4.74 Å². The first-order valence-electron chi connectivity index (χ1n) is 6.76. The van der Waals surface area contributed by atoms with Crippen LogP contribution in [0.15, 0.2) is 0 Å². The molecule has 0 amide bonds. The number of nitrogens with zero attached hydrogens (tertiary/aromatic N) is 2. The van der Waals surface area contributed by atoms with Crippen LogP contribution < -0.4 is 5.32 Å². The summed E-state index contributed by atoms with van der Waals surface area (Å²) in [5.41, 5.74) is 0. The lowest BCUT2D eigenvalue weighted by molar-refractivity contribution is 0.0289. The van der Waals surface area contributed by atoms with Gasteiger partial charge in [-0.05, 0) is 19.5 Å². The molecule has 0 aliphatic carbocycles. The average Bonchev–Trinajstić information content (AvgIpc) is 2.62. The Kier molecular flexibility index (Phi) is 5.67. The standard InChI is InChI=1S/C12H25N3O2/c16-11-12-10-13-2-1-3-15(12)5-4-14-6-8-17-9-7-14/h12-13,16H,1-11H2. The van der Waals surface area contributed by atoms with Gasteiger partial charge in [0.2, 0.25) is 0 Å². The molecule has 2 aliphatic rings. The predicted octanol–water partition coefficient (Wildman–Crippen LogP) is -1.03. The van der Waals surface area contributed by atoms with Gasteiger partial charge < -0.3 is 15.2 Å². The fourth-order valence-corrected chi connectivity index (χ4v) is 2.56. The fourth-order valence-electron chi connectivity index (χ4n) is 2.56. The zero-order chi connectivity index (χ0) is 11.9. The van der Waals surface area contributed by atoms with Gasteiger partial charge in [0.25, 0.3) is 0 Å². The third kappa shape index (κ3) is 4.19. The zero-order valence-electron chi connectivity index (χ0n) is 10.6. The first-order valence-corrected chi connectivity index (χ1v) is 6.76. The van der Waals surface area contributed by atoms with E-state index in [0.717, 1.165) is 59.0 Å². The minimum atomic E-state index is 0.260. The lowest BCUT2D eigenvalue weighted by Crippen LogP contribution is -2.47. The molecular formula is C12H25N3O2. The third-order valence-corrected chi connectivity index (χ3v) is 3.71. The van der Waals surface area contributed by atoms with Crippen LogP contribution in [-0.4, -0.2) is 86.6 Å². The molecule has 2 aliphatic heterocycles. The van der Waals surface area contributed by atoms with E-state index >= 15 is 0 Å². The Labute approximate surface area is 104 Å². The van der Waals surface area contributed by atoms with Gasteiger partial charge in [-0.1, -0.05) is 0 Å². The number of rotatable bonds is 4. The first kappa shape index (κ1) is 13.2. The molecule has 2 N–H and O–H groups in total. The van der Waals surface area contributed by atoms with E-state index in [-0.39, 0.29) is 6.61 Å². The monoisotopic (exact) mass is 243 g/mol. The minimum Gasteiger partial charge on any atom is -0.395 e. The summed E-state index contributed by atoms with van der Waals surface area (Å²) in [5, 5.41) is 12.8. The Bertz CT molecular complexity index is 210. The summed E-state index contributed by atoms with van der Waals surface area (Å²) in [6.45, 7) is 9.34. The Morgan fingerprint density at radius 3 is 2.76 bits per heavy atom. The van der Waals surface area contributed by atoms with Gasteiger partial charge in [-0.25, -0.2) is 0 Å². The highest BCUT2D eigenvalue weighted by Crippen LogP contribution is 2.05. The van der Waals surface area contributed by atoms with E-state index in [1.807, 2.05) is 0 Å². The Hall–Kier alpha value is -0.200. The second-order valence-electron chi connectivity index (χ2n) is 4.88. The van der Waals surface area contributed by atoms with E-state index in [2.05, 4.69) is 15.1 Å². The molecule has 1 unspecified atom stereocenters. The third-order valence-electron chi connectivity index (χ3n) is 3.71. The van der Waals surface area contributed by atoms with E-state index in [9.17, 15) is 5.11 Å². The average molecular weight is 243 g/mol. The Morgan fingerprint density at radius 2 is 2.00 bits per heavy atom. The topological polar surface area (TPSA) is 48.0 Å². The minimum absolute atomic E-state index is 0.260. The normalized spacial score (nSPS) is 29.1. The van der Waals surface area contributed by atoms with Crippen LogP contribution in [0.4, 0.5) is 0 Å². The molecule has 0 spiro atoms. The lowest BCUT2D eigenvalue weighted by atomic mass is 10.2. The van der Waals surface area contributed by atoms with Crippen LogP contribution >= 0.6 is 0 Å². The number of hydrogen-bond donors (Lipinski definition) is 2. The largest absolute Gasteiger partial charge is 0.395 e. The van der Waals surface area contributed by atoms with Crippen molar-refractivity contribution >= 4 is 0 Å². The molecule has 2 saturated heterocycles. The van der Waals surface area contributed by atoms with Crippen LogP contribution in [0.3, 0.4) is 0 Å². The van der Waals surface area contributed by atoms with Crippen molar-refractivity contribution in [3.8, 4) is 0 Å². The maximum Gasteiger partial charge on any atom is 0.0599 e. The molecule has 0 aromatic heterocycles. The van der Waals surface area contributed by atoms with Crippen molar-refractivity contribution in [2.75, 3.05) is 65.6 Å². The highest BCUT2D eigenvalue weighted by Gasteiger charge is 2.20. The van der Waals surface area contributed by atoms with Gasteiger partial charge >= 0.3 is 0 Å². The van der Waals surface area contributed by atoms with Gasteiger partial charge in [0.15, 0.2) is 0 Å². The smallest absolute Gasteiger partial charge is 0.0599 e. The summed E-state index contributed by atoms with van der Waals surface area (Å²) < 4.78 is 5.35. The van der Waals surface area contributed by atoms with Gasteiger partial charge in [0.1, 0.15) is 0 Å². The quantitative estimate of drug-likeness (QED) is 0.661. The van der Waals surface area contributed by atoms with Crippen LogP contribution in [0.25, 0.3) is 0 Å². The first-order chi connectivity index (χ1) is 8.40.